The van der Waals surface area contributed by atoms with Crippen LogP contribution in [-0.4, -0.2) is 0 Å². The highest BCUT2D eigenvalue weighted by molar-refractivity contribution is 5.31. The highest BCUT2D eigenvalue weighted by Crippen LogP contribution is 2.43. The monoisotopic (exact) mass is 320 g/mol. The van der Waals surface area contributed by atoms with Crippen molar-refractivity contribution in [2.24, 2.45) is 0 Å². The van der Waals surface area contributed by atoms with E-state index in [2.05, 4.69) is 0 Å². The Labute approximate surface area is 136 Å². The van der Waals surface area contributed by atoms with Gasteiger partial charge in [-0.05, 0) is 29.5 Å². The van der Waals surface area contributed by atoms with Crippen LogP contribution in [0, 0.1) is 0 Å². The lowest BCUT2D eigenvalue weighted by atomic mass is 9.96. The fraction of sp³-hybridized carbons (Fsp3) is 0.400. The van der Waals surface area contributed by atoms with Crippen LogP contribution >= 0.6 is 0 Å². The molecule has 0 bridgehead atoms. The van der Waals surface area contributed by atoms with Gasteiger partial charge in [-0.25, -0.2) is 4.39 Å². The molecule has 0 aliphatic carbocycles. The van der Waals surface area contributed by atoms with E-state index in [1.807, 2.05) is 13.8 Å². The first-order valence-electron chi connectivity index (χ1n) is 8.19. The Morgan fingerprint density at radius 1 is 0.783 bits per heavy atom. The number of hydrogen-bond donors (Lipinski definition) is 0. The number of aryl methyl sites for hydroxylation is 2. The van der Waals surface area contributed by atoms with Crippen LogP contribution in [0.1, 0.15) is 55.1 Å². The van der Waals surface area contributed by atoms with E-state index >= 15 is 0 Å². The van der Waals surface area contributed by atoms with Gasteiger partial charge in [-0.2, -0.15) is 8.78 Å². The van der Waals surface area contributed by atoms with Gasteiger partial charge < -0.3 is 0 Å². The molecule has 0 nitrogen and oxygen atoms in total. The zero-order valence-corrected chi connectivity index (χ0v) is 13.7. The Morgan fingerprint density at radius 3 is 1.65 bits per heavy atom. The van der Waals surface area contributed by atoms with E-state index in [1.165, 1.54) is 24.3 Å². The van der Waals surface area contributed by atoms with Gasteiger partial charge in [0.15, 0.2) is 6.17 Å². The van der Waals surface area contributed by atoms with Crippen LogP contribution in [0.3, 0.4) is 0 Å². The summed E-state index contributed by atoms with van der Waals surface area (Å²) in [6.07, 6.45) is 1.29. The summed E-state index contributed by atoms with van der Waals surface area (Å²) in [7, 11) is 0. The van der Waals surface area contributed by atoms with Crippen molar-refractivity contribution in [2.75, 3.05) is 0 Å². The van der Waals surface area contributed by atoms with Crippen LogP contribution in [-0.2, 0) is 18.8 Å². The summed E-state index contributed by atoms with van der Waals surface area (Å²) in [4.78, 5) is 0. The summed E-state index contributed by atoms with van der Waals surface area (Å²) >= 11 is 0. The standard InChI is InChI=1S/C20H23F3/c1-3-5-15-7-11-17(12-8-15)19(21)20(22,23)18-13-9-16(6-4-2)10-14-18/h7-14,19H,3-6H2,1-2H3. The predicted octanol–water partition coefficient (Wildman–Crippen LogP) is 6.39. The van der Waals surface area contributed by atoms with Crippen molar-refractivity contribution in [3.8, 4) is 0 Å². The van der Waals surface area contributed by atoms with Crippen LogP contribution < -0.4 is 0 Å². The van der Waals surface area contributed by atoms with E-state index in [1.54, 1.807) is 24.3 Å². The Kier molecular flexibility index (Phi) is 5.86. The second-order valence-corrected chi connectivity index (χ2v) is 5.92. The molecule has 0 N–H and O–H groups in total. The number of rotatable bonds is 7. The lowest BCUT2D eigenvalue weighted by Gasteiger charge is -2.22. The quantitative estimate of drug-likeness (QED) is 0.554. The lowest BCUT2D eigenvalue weighted by Crippen LogP contribution is -2.21. The van der Waals surface area contributed by atoms with Gasteiger partial charge in [-0.15, -0.1) is 0 Å². The Balaban J connectivity index is 2.19. The Bertz CT molecular complexity index is 600. The maximum Gasteiger partial charge on any atom is 0.307 e. The van der Waals surface area contributed by atoms with Gasteiger partial charge >= 0.3 is 5.92 Å². The molecular formula is C20H23F3. The first-order valence-corrected chi connectivity index (χ1v) is 8.19. The van der Waals surface area contributed by atoms with Crippen molar-refractivity contribution in [1.82, 2.24) is 0 Å². The molecule has 0 saturated carbocycles. The van der Waals surface area contributed by atoms with Crippen molar-refractivity contribution in [2.45, 2.75) is 51.6 Å². The molecule has 2 rings (SSSR count). The second-order valence-electron chi connectivity index (χ2n) is 5.92. The molecule has 0 saturated heterocycles. The summed E-state index contributed by atoms with van der Waals surface area (Å²) in [5.41, 5.74) is 1.78. The summed E-state index contributed by atoms with van der Waals surface area (Å²) in [6.45, 7) is 4.07. The molecule has 0 fully saturated rings. The van der Waals surface area contributed by atoms with E-state index in [4.69, 9.17) is 0 Å². The fourth-order valence-electron chi connectivity index (χ4n) is 2.68. The van der Waals surface area contributed by atoms with Gasteiger partial charge in [0.05, 0.1) is 0 Å². The normalized spacial score (nSPS) is 13.1. The fourth-order valence-corrected chi connectivity index (χ4v) is 2.68. The van der Waals surface area contributed by atoms with Crippen molar-refractivity contribution >= 4 is 0 Å². The van der Waals surface area contributed by atoms with Gasteiger partial charge in [0.1, 0.15) is 0 Å². The van der Waals surface area contributed by atoms with E-state index in [0.717, 1.165) is 36.8 Å². The molecule has 2 aromatic rings. The second kappa shape index (κ2) is 7.67. The number of benzene rings is 2. The number of hydrogen-bond acceptors (Lipinski definition) is 0. The predicted molar refractivity (Wildman–Crippen MR) is 88.6 cm³/mol. The minimum absolute atomic E-state index is 0.0208. The summed E-state index contributed by atoms with van der Waals surface area (Å²) in [5.74, 6) is -3.53. The molecule has 2 aromatic carbocycles. The van der Waals surface area contributed by atoms with E-state index in [9.17, 15) is 13.2 Å². The molecule has 0 radical (unpaired) electrons. The summed E-state index contributed by atoms with van der Waals surface area (Å²) in [6, 6.07) is 12.4. The third-order valence-corrected chi connectivity index (χ3v) is 4.01. The van der Waals surface area contributed by atoms with Crippen LogP contribution in [0.25, 0.3) is 0 Å². The molecule has 1 unspecified atom stereocenters. The van der Waals surface area contributed by atoms with Crippen molar-refractivity contribution < 1.29 is 13.2 Å². The molecule has 1 atom stereocenters. The van der Waals surface area contributed by atoms with E-state index < -0.39 is 12.1 Å². The third-order valence-electron chi connectivity index (χ3n) is 4.01. The van der Waals surface area contributed by atoms with Gasteiger partial charge in [0, 0.05) is 5.56 Å². The average Bonchev–Trinajstić information content (AvgIpc) is 2.56. The molecule has 0 aliphatic rings. The molecule has 0 amide bonds. The minimum atomic E-state index is -3.53. The van der Waals surface area contributed by atoms with Gasteiger partial charge in [-0.1, -0.05) is 75.2 Å². The minimum Gasteiger partial charge on any atom is -0.235 e. The molecule has 0 spiro atoms. The highest BCUT2D eigenvalue weighted by Gasteiger charge is 2.42. The molecule has 0 aliphatic heterocycles. The summed E-state index contributed by atoms with van der Waals surface area (Å²) < 4.78 is 43.3. The van der Waals surface area contributed by atoms with Crippen LogP contribution in [0.5, 0.6) is 0 Å². The number of halogens is 3. The van der Waals surface area contributed by atoms with Crippen molar-refractivity contribution in [3.05, 3.63) is 70.8 Å². The Morgan fingerprint density at radius 2 is 1.22 bits per heavy atom. The maximum absolute atomic E-state index is 14.4. The highest BCUT2D eigenvalue weighted by atomic mass is 19.3. The van der Waals surface area contributed by atoms with E-state index in [0.29, 0.717) is 0 Å². The molecule has 0 heterocycles. The molecule has 3 heteroatoms. The Hall–Kier alpha value is -1.77. The largest absolute Gasteiger partial charge is 0.307 e. The van der Waals surface area contributed by atoms with Gasteiger partial charge in [0.2, 0.25) is 0 Å². The number of alkyl halides is 3. The molecular weight excluding hydrogens is 297 g/mol. The zero-order chi connectivity index (χ0) is 16.9. The maximum atomic E-state index is 14.4. The first kappa shape index (κ1) is 17.6. The van der Waals surface area contributed by atoms with Crippen LogP contribution in [0.15, 0.2) is 48.5 Å². The average molecular weight is 320 g/mol. The molecule has 124 valence electrons. The zero-order valence-electron chi connectivity index (χ0n) is 13.7. The van der Waals surface area contributed by atoms with Crippen molar-refractivity contribution in [1.29, 1.82) is 0 Å². The molecule has 23 heavy (non-hydrogen) atoms. The van der Waals surface area contributed by atoms with E-state index in [-0.39, 0.29) is 11.1 Å². The smallest absolute Gasteiger partial charge is 0.235 e. The lowest BCUT2D eigenvalue weighted by molar-refractivity contribution is -0.0809. The third kappa shape index (κ3) is 4.15. The van der Waals surface area contributed by atoms with Crippen molar-refractivity contribution in [3.63, 3.8) is 0 Å². The SMILES string of the molecule is CCCc1ccc(C(F)C(F)(F)c2ccc(CCC)cc2)cc1. The first-order chi connectivity index (χ1) is 11.0. The topological polar surface area (TPSA) is 0 Å². The van der Waals surface area contributed by atoms with Gasteiger partial charge in [-0.3, -0.25) is 0 Å². The van der Waals surface area contributed by atoms with Crippen LogP contribution in [0.4, 0.5) is 13.2 Å². The molecule has 0 aromatic heterocycles. The summed E-state index contributed by atoms with van der Waals surface area (Å²) in [5, 5.41) is 0. The van der Waals surface area contributed by atoms with Crippen LogP contribution in [0.2, 0.25) is 0 Å². The van der Waals surface area contributed by atoms with Gasteiger partial charge in [0.25, 0.3) is 0 Å².